The van der Waals surface area contributed by atoms with Gasteiger partial charge in [-0.15, -0.1) is 11.3 Å². The molecule has 0 radical (unpaired) electrons. The number of hydrogen-bond donors (Lipinski definition) is 2. The Hall–Kier alpha value is -2.28. The number of rotatable bonds is 4. The third-order valence-corrected chi connectivity index (χ3v) is 3.69. The molecule has 2 aromatic rings. The maximum Gasteiger partial charge on any atom is 0.308 e. The van der Waals surface area contributed by atoms with Crippen LogP contribution in [0, 0.1) is 12.7 Å². The van der Waals surface area contributed by atoms with E-state index in [9.17, 15) is 14.0 Å². The van der Waals surface area contributed by atoms with Crippen LogP contribution in [-0.4, -0.2) is 22.0 Å². The second-order valence-electron chi connectivity index (χ2n) is 4.51. The van der Waals surface area contributed by atoms with Gasteiger partial charge >= 0.3 is 5.97 Å². The monoisotopic (exact) mass is 308 g/mol. The van der Waals surface area contributed by atoms with Crippen molar-refractivity contribution >= 4 is 28.3 Å². The molecule has 1 aromatic heterocycles. The van der Waals surface area contributed by atoms with Gasteiger partial charge in [-0.3, -0.25) is 9.59 Å². The fourth-order valence-corrected chi connectivity index (χ4v) is 2.85. The zero-order chi connectivity index (χ0) is 15.6. The molecule has 0 saturated heterocycles. The number of carboxylic acid groups (broad SMARTS) is 1. The molecular weight excluding hydrogens is 295 g/mol. The largest absolute Gasteiger partial charge is 0.481 e. The van der Waals surface area contributed by atoms with Crippen LogP contribution in [0.25, 0.3) is 11.3 Å². The number of aliphatic carboxylic acids is 1. The van der Waals surface area contributed by atoms with E-state index in [1.807, 2.05) is 0 Å². The van der Waals surface area contributed by atoms with Gasteiger partial charge in [0.15, 0.2) is 5.13 Å². The lowest BCUT2D eigenvalue weighted by Gasteiger charge is -2.03. The highest BCUT2D eigenvalue weighted by molar-refractivity contribution is 7.16. The van der Waals surface area contributed by atoms with E-state index < -0.39 is 5.97 Å². The number of halogens is 1. The number of carbonyl (C=O) groups excluding carboxylic acids is 1. The third kappa shape index (κ3) is 3.63. The first-order valence-corrected chi connectivity index (χ1v) is 6.94. The lowest BCUT2D eigenvalue weighted by atomic mass is 10.1. The van der Waals surface area contributed by atoms with Gasteiger partial charge in [0.25, 0.3) is 0 Å². The molecule has 2 rings (SSSR count). The minimum absolute atomic E-state index is 0.205. The van der Waals surface area contributed by atoms with Gasteiger partial charge in [0.05, 0.1) is 12.1 Å². The van der Waals surface area contributed by atoms with Gasteiger partial charge in [0.2, 0.25) is 5.91 Å². The zero-order valence-electron chi connectivity index (χ0n) is 11.4. The summed E-state index contributed by atoms with van der Waals surface area (Å²) >= 11 is 1.10. The molecule has 0 unspecified atom stereocenters. The van der Waals surface area contributed by atoms with Crippen LogP contribution in [0.1, 0.15) is 17.4 Å². The van der Waals surface area contributed by atoms with E-state index >= 15 is 0 Å². The third-order valence-electron chi connectivity index (χ3n) is 2.72. The smallest absolute Gasteiger partial charge is 0.308 e. The van der Waals surface area contributed by atoms with Crippen LogP contribution in [-0.2, 0) is 16.0 Å². The first kappa shape index (κ1) is 15.1. The molecule has 110 valence electrons. The van der Waals surface area contributed by atoms with Gasteiger partial charge in [-0.25, -0.2) is 9.37 Å². The summed E-state index contributed by atoms with van der Waals surface area (Å²) in [5, 5.41) is 11.8. The molecule has 2 N–H and O–H groups in total. The molecule has 0 aliphatic rings. The molecule has 5 nitrogen and oxygen atoms in total. The van der Waals surface area contributed by atoms with E-state index in [1.165, 1.54) is 13.0 Å². The number of thiazole rings is 1. The Morgan fingerprint density at radius 3 is 2.71 bits per heavy atom. The van der Waals surface area contributed by atoms with Crippen LogP contribution < -0.4 is 5.32 Å². The molecule has 1 amide bonds. The summed E-state index contributed by atoms with van der Waals surface area (Å²) in [5.41, 5.74) is 1.52. The number of amides is 1. The Bertz CT molecular complexity index is 712. The van der Waals surface area contributed by atoms with Gasteiger partial charge in [-0.05, 0) is 30.7 Å². The predicted octanol–water partition coefficient (Wildman–Crippen LogP) is 2.84. The molecule has 0 bridgehead atoms. The Labute approximate surface area is 124 Å². The molecule has 0 aliphatic heterocycles. The lowest BCUT2D eigenvalue weighted by molar-refractivity contribution is -0.136. The summed E-state index contributed by atoms with van der Waals surface area (Å²) in [6, 6.07) is 4.46. The van der Waals surface area contributed by atoms with E-state index in [2.05, 4.69) is 10.3 Å². The Kier molecular flexibility index (Phi) is 4.32. The molecule has 21 heavy (non-hydrogen) atoms. The Morgan fingerprint density at radius 2 is 2.14 bits per heavy atom. The second kappa shape index (κ2) is 6.01. The van der Waals surface area contributed by atoms with Crippen molar-refractivity contribution in [3.8, 4) is 11.3 Å². The van der Waals surface area contributed by atoms with Crippen LogP contribution in [0.3, 0.4) is 0 Å². The van der Waals surface area contributed by atoms with Gasteiger partial charge in [-0.1, -0.05) is 0 Å². The molecule has 0 saturated carbocycles. The number of anilines is 1. The van der Waals surface area contributed by atoms with E-state index in [-0.39, 0.29) is 18.1 Å². The summed E-state index contributed by atoms with van der Waals surface area (Å²) < 4.78 is 13.3. The highest BCUT2D eigenvalue weighted by Gasteiger charge is 2.17. The molecule has 0 spiro atoms. The molecule has 7 heteroatoms. The average Bonchev–Trinajstić information content (AvgIpc) is 2.73. The van der Waals surface area contributed by atoms with Crippen LogP contribution in [0.15, 0.2) is 18.2 Å². The lowest BCUT2D eigenvalue weighted by Crippen LogP contribution is -2.04. The number of nitrogens with one attached hydrogen (secondary N) is 1. The molecule has 0 fully saturated rings. The van der Waals surface area contributed by atoms with Crippen LogP contribution in [0.4, 0.5) is 9.52 Å². The molecule has 0 aliphatic carbocycles. The first-order valence-electron chi connectivity index (χ1n) is 6.12. The normalized spacial score (nSPS) is 10.4. The Morgan fingerprint density at radius 1 is 1.43 bits per heavy atom. The van der Waals surface area contributed by atoms with Crippen molar-refractivity contribution in [2.24, 2.45) is 0 Å². The molecule has 1 aromatic carbocycles. The second-order valence-corrected chi connectivity index (χ2v) is 5.59. The highest BCUT2D eigenvalue weighted by atomic mass is 32.1. The summed E-state index contributed by atoms with van der Waals surface area (Å²) in [5.74, 6) is -1.61. The minimum atomic E-state index is -0.992. The number of benzene rings is 1. The number of carboxylic acids is 1. The van der Waals surface area contributed by atoms with Gasteiger partial charge in [-0.2, -0.15) is 0 Å². The van der Waals surface area contributed by atoms with Gasteiger partial charge < -0.3 is 10.4 Å². The zero-order valence-corrected chi connectivity index (χ0v) is 12.3. The average molecular weight is 308 g/mol. The van der Waals surface area contributed by atoms with Crippen LogP contribution in [0.2, 0.25) is 0 Å². The maximum absolute atomic E-state index is 13.3. The quantitative estimate of drug-likeness (QED) is 0.910. The van der Waals surface area contributed by atoms with Crippen molar-refractivity contribution in [1.82, 2.24) is 4.98 Å². The Balaban J connectivity index is 2.48. The van der Waals surface area contributed by atoms with Crippen molar-refractivity contribution < 1.29 is 19.1 Å². The van der Waals surface area contributed by atoms with Crippen LogP contribution >= 0.6 is 11.3 Å². The van der Waals surface area contributed by atoms with E-state index in [0.717, 1.165) is 11.3 Å². The first-order chi connectivity index (χ1) is 9.86. The minimum Gasteiger partial charge on any atom is -0.481 e. The fourth-order valence-electron chi connectivity index (χ4n) is 1.83. The number of hydrogen-bond acceptors (Lipinski definition) is 4. The number of carbonyl (C=O) groups is 2. The van der Waals surface area contributed by atoms with Crippen molar-refractivity contribution in [1.29, 1.82) is 0 Å². The standard InChI is InChI=1S/C14H13FN2O3S/c1-7-5-9(3-4-10(7)15)13-11(6-12(19)20)21-14(17-13)16-8(2)18/h3-5H,6H2,1-2H3,(H,19,20)(H,16,17,18). The topological polar surface area (TPSA) is 79.3 Å². The van der Waals surface area contributed by atoms with Gasteiger partial charge in [0.1, 0.15) is 5.82 Å². The predicted molar refractivity (Wildman–Crippen MR) is 77.9 cm³/mol. The fraction of sp³-hybridized carbons (Fsp3) is 0.214. The van der Waals surface area contributed by atoms with Crippen molar-refractivity contribution in [2.45, 2.75) is 20.3 Å². The van der Waals surface area contributed by atoms with Crippen LogP contribution in [0.5, 0.6) is 0 Å². The molecule has 0 atom stereocenters. The van der Waals surface area contributed by atoms with E-state index in [0.29, 0.717) is 26.8 Å². The van der Waals surface area contributed by atoms with E-state index in [1.54, 1.807) is 19.1 Å². The number of aromatic nitrogens is 1. The summed E-state index contributed by atoms with van der Waals surface area (Å²) in [7, 11) is 0. The SMILES string of the molecule is CC(=O)Nc1nc(-c2ccc(F)c(C)c2)c(CC(=O)O)s1. The number of nitrogens with zero attached hydrogens (tertiary/aromatic N) is 1. The summed E-state index contributed by atoms with van der Waals surface area (Å²) in [6.07, 6.45) is -0.205. The van der Waals surface area contributed by atoms with E-state index in [4.69, 9.17) is 5.11 Å². The molecular formula is C14H13FN2O3S. The van der Waals surface area contributed by atoms with Crippen molar-refractivity contribution in [3.05, 3.63) is 34.5 Å². The highest BCUT2D eigenvalue weighted by Crippen LogP contribution is 2.32. The van der Waals surface area contributed by atoms with Gasteiger partial charge in [0, 0.05) is 17.4 Å². The summed E-state index contributed by atoms with van der Waals surface area (Å²) in [6.45, 7) is 2.97. The maximum atomic E-state index is 13.3. The van der Waals surface area contributed by atoms with Crippen molar-refractivity contribution in [2.75, 3.05) is 5.32 Å². The van der Waals surface area contributed by atoms with Crippen molar-refractivity contribution in [3.63, 3.8) is 0 Å². The number of aryl methyl sites for hydroxylation is 1. The molecule has 1 heterocycles. The summed E-state index contributed by atoms with van der Waals surface area (Å²) in [4.78, 5) is 26.8.